The average molecular weight is 311 g/mol. The molecule has 2 aromatic rings. The van der Waals surface area contributed by atoms with Gasteiger partial charge in [0.1, 0.15) is 0 Å². The minimum absolute atomic E-state index is 0.195. The second kappa shape index (κ2) is 5.76. The second-order valence-electron chi connectivity index (χ2n) is 5.20. The molecular weight excluding hydrogens is 294 g/mol. The van der Waals surface area contributed by atoms with Gasteiger partial charge in [0.05, 0.1) is 17.9 Å². The number of carbonyl (C=O) groups is 2. The predicted molar refractivity (Wildman–Crippen MR) is 85.0 cm³/mol. The van der Waals surface area contributed by atoms with Crippen LogP contribution in [0.5, 0.6) is 0 Å². The molecule has 0 radical (unpaired) electrons. The van der Waals surface area contributed by atoms with E-state index in [4.69, 9.17) is 9.47 Å². The van der Waals surface area contributed by atoms with Crippen LogP contribution >= 0.6 is 0 Å². The number of hydrogen-bond donors (Lipinski definition) is 0. The Morgan fingerprint density at radius 1 is 1.13 bits per heavy atom. The molecule has 23 heavy (non-hydrogen) atoms. The van der Waals surface area contributed by atoms with Crippen molar-refractivity contribution < 1.29 is 19.1 Å². The summed E-state index contributed by atoms with van der Waals surface area (Å²) in [4.78, 5) is 26.9. The predicted octanol–water partition coefficient (Wildman–Crippen LogP) is 2.71. The zero-order valence-corrected chi connectivity index (χ0v) is 13.0. The Hall–Kier alpha value is -2.82. The molecule has 0 spiro atoms. The molecule has 1 aliphatic heterocycles. The molecule has 1 atom stereocenters. The fraction of sp³-hybridized carbons (Fsp3) is 0.222. The summed E-state index contributed by atoms with van der Waals surface area (Å²) >= 11 is 0. The van der Waals surface area contributed by atoms with Crippen molar-refractivity contribution in [3.05, 3.63) is 65.7 Å². The summed E-state index contributed by atoms with van der Waals surface area (Å²) in [6.45, 7) is 1.91. The Kier molecular flexibility index (Phi) is 3.78. The maximum atomic E-state index is 12.7. The van der Waals surface area contributed by atoms with Crippen LogP contribution in [0.3, 0.4) is 0 Å². The lowest BCUT2D eigenvalue weighted by molar-refractivity contribution is -0.167. The molecular formula is C18H17NO4. The van der Waals surface area contributed by atoms with Crippen molar-refractivity contribution in [1.82, 2.24) is 0 Å². The highest BCUT2D eigenvalue weighted by atomic mass is 16.6. The third kappa shape index (κ3) is 2.25. The zero-order valence-electron chi connectivity index (χ0n) is 13.0. The largest absolute Gasteiger partial charge is 0.461 e. The van der Waals surface area contributed by atoms with Gasteiger partial charge in [0.2, 0.25) is 0 Å². The number of nitrogens with zero attached hydrogens (tertiary/aromatic N) is 1. The van der Waals surface area contributed by atoms with Crippen molar-refractivity contribution >= 4 is 17.6 Å². The molecule has 0 unspecified atom stereocenters. The van der Waals surface area contributed by atoms with Crippen molar-refractivity contribution in [2.24, 2.45) is 0 Å². The van der Waals surface area contributed by atoms with E-state index in [2.05, 4.69) is 0 Å². The van der Waals surface area contributed by atoms with Crippen LogP contribution in [0.25, 0.3) is 0 Å². The van der Waals surface area contributed by atoms with Crippen molar-refractivity contribution in [3.8, 4) is 0 Å². The summed E-state index contributed by atoms with van der Waals surface area (Å²) in [6, 6.07) is 15.9. The fourth-order valence-corrected chi connectivity index (χ4v) is 2.81. The third-order valence-electron chi connectivity index (χ3n) is 3.92. The minimum Gasteiger partial charge on any atom is -0.461 e. The molecule has 0 N–H and O–H groups in total. The van der Waals surface area contributed by atoms with E-state index in [0.717, 1.165) is 0 Å². The van der Waals surface area contributed by atoms with E-state index in [0.29, 0.717) is 16.8 Å². The van der Waals surface area contributed by atoms with E-state index in [1.807, 2.05) is 12.1 Å². The molecule has 0 aromatic heterocycles. The quantitative estimate of drug-likeness (QED) is 0.816. The first kappa shape index (κ1) is 15.1. The Labute approximate surface area is 134 Å². The van der Waals surface area contributed by atoms with Crippen molar-refractivity contribution in [2.75, 3.05) is 18.6 Å². The van der Waals surface area contributed by atoms with Crippen molar-refractivity contribution in [2.45, 2.75) is 12.6 Å². The molecule has 0 amide bonds. The number of likely N-dealkylation sites (N-methyl/N-ethyl adjacent to an activating group) is 1. The molecule has 0 saturated heterocycles. The van der Waals surface area contributed by atoms with Gasteiger partial charge in [0, 0.05) is 12.6 Å². The molecule has 1 aliphatic rings. The van der Waals surface area contributed by atoms with E-state index in [9.17, 15) is 9.59 Å². The van der Waals surface area contributed by atoms with Gasteiger partial charge in [0.25, 0.3) is 0 Å². The summed E-state index contributed by atoms with van der Waals surface area (Å²) in [5.41, 5.74) is -0.0294. The number of cyclic esters (lactones) is 1. The molecule has 0 fully saturated rings. The Morgan fingerprint density at radius 2 is 1.78 bits per heavy atom. The highest BCUT2D eigenvalue weighted by Crippen LogP contribution is 2.41. The van der Waals surface area contributed by atoms with Crippen LogP contribution in [0, 0.1) is 0 Å². The van der Waals surface area contributed by atoms with E-state index in [-0.39, 0.29) is 6.61 Å². The van der Waals surface area contributed by atoms with Crippen molar-refractivity contribution in [1.29, 1.82) is 0 Å². The van der Waals surface area contributed by atoms with E-state index < -0.39 is 17.7 Å². The molecule has 2 aromatic carbocycles. The summed E-state index contributed by atoms with van der Waals surface area (Å²) in [5, 5.41) is 0. The van der Waals surface area contributed by atoms with Crippen LogP contribution in [-0.4, -0.2) is 25.6 Å². The topological polar surface area (TPSA) is 55.8 Å². The van der Waals surface area contributed by atoms with Gasteiger partial charge in [-0.15, -0.1) is 0 Å². The van der Waals surface area contributed by atoms with Crippen LogP contribution in [0.15, 0.2) is 54.6 Å². The number of anilines is 1. The molecule has 3 rings (SSSR count). The molecule has 0 saturated carbocycles. The zero-order chi connectivity index (χ0) is 16.4. The first-order chi connectivity index (χ1) is 11.1. The SMILES string of the molecule is CCOC(=O)[C@]1(c2ccccc2)OC(=O)c2ccccc2N1C. The number of rotatable bonds is 3. The maximum absolute atomic E-state index is 12.7. The number of para-hydroxylation sites is 1. The van der Waals surface area contributed by atoms with Gasteiger partial charge in [-0.1, -0.05) is 42.5 Å². The standard InChI is InChI=1S/C18H17NO4/c1-3-22-17(21)18(13-9-5-4-6-10-13)19(2)15-12-8-7-11-14(15)16(20)23-18/h4-12H,3H2,1-2H3/t18-/m0/s1. The van der Waals surface area contributed by atoms with Crippen LogP contribution in [0.1, 0.15) is 22.8 Å². The summed E-state index contributed by atoms with van der Waals surface area (Å²) in [7, 11) is 1.72. The Bertz CT molecular complexity index is 744. The van der Waals surface area contributed by atoms with Crippen LogP contribution in [-0.2, 0) is 20.0 Å². The maximum Gasteiger partial charge on any atom is 0.377 e. The van der Waals surface area contributed by atoms with Gasteiger partial charge in [0.15, 0.2) is 0 Å². The molecule has 118 valence electrons. The van der Waals surface area contributed by atoms with Crippen LogP contribution in [0.4, 0.5) is 5.69 Å². The Morgan fingerprint density at radius 3 is 2.48 bits per heavy atom. The molecule has 5 heteroatoms. The lowest BCUT2D eigenvalue weighted by atomic mass is 9.96. The van der Waals surface area contributed by atoms with E-state index in [1.54, 1.807) is 61.3 Å². The Balaban J connectivity index is 2.21. The number of benzene rings is 2. The highest BCUT2D eigenvalue weighted by Gasteiger charge is 2.53. The van der Waals surface area contributed by atoms with Gasteiger partial charge in [-0.2, -0.15) is 0 Å². The van der Waals surface area contributed by atoms with Gasteiger partial charge in [-0.05, 0) is 19.1 Å². The first-order valence-electron chi connectivity index (χ1n) is 7.40. The fourth-order valence-electron chi connectivity index (χ4n) is 2.81. The molecule has 0 bridgehead atoms. The normalized spacial score (nSPS) is 19.7. The van der Waals surface area contributed by atoms with Crippen LogP contribution < -0.4 is 4.90 Å². The number of carbonyl (C=O) groups excluding carboxylic acids is 2. The first-order valence-corrected chi connectivity index (χ1v) is 7.40. The number of fused-ring (bicyclic) bond motifs is 1. The molecule has 1 heterocycles. The number of hydrogen-bond acceptors (Lipinski definition) is 5. The number of ether oxygens (including phenoxy) is 2. The number of esters is 2. The summed E-state index contributed by atoms with van der Waals surface area (Å²) in [5.74, 6) is -1.16. The van der Waals surface area contributed by atoms with Crippen LogP contribution in [0.2, 0.25) is 0 Å². The summed E-state index contributed by atoms with van der Waals surface area (Å²) in [6.07, 6.45) is 0. The summed E-state index contributed by atoms with van der Waals surface area (Å²) < 4.78 is 10.8. The third-order valence-corrected chi connectivity index (χ3v) is 3.92. The van der Waals surface area contributed by atoms with Gasteiger partial charge >= 0.3 is 17.7 Å². The minimum atomic E-state index is -1.62. The lowest BCUT2D eigenvalue weighted by Crippen LogP contribution is -2.57. The second-order valence-corrected chi connectivity index (χ2v) is 5.20. The highest BCUT2D eigenvalue weighted by molar-refractivity contribution is 6.02. The van der Waals surface area contributed by atoms with Gasteiger partial charge in [-0.25, -0.2) is 9.59 Å². The van der Waals surface area contributed by atoms with E-state index in [1.165, 1.54) is 0 Å². The smallest absolute Gasteiger partial charge is 0.377 e. The van der Waals surface area contributed by atoms with Gasteiger partial charge < -0.3 is 14.4 Å². The molecule has 5 nitrogen and oxygen atoms in total. The van der Waals surface area contributed by atoms with Crippen molar-refractivity contribution in [3.63, 3.8) is 0 Å². The average Bonchev–Trinajstić information content (AvgIpc) is 2.59. The molecule has 0 aliphatic carbocycles. The monoisotopic (exact) mass is 311 g/mol. The lowest BCUT2D eigenvalue weighted by Gasteiger charge is -2.43. The van der Waals surface area contributed by atoms with E-state index >= 15 is 0 Å². The van der Waals surface area contributed by atoms with Gasteiger partial charge in [-0.3, -0.25) is 0 Å².